The van der Waals surface area contributed by atoms with Crippen LogP contribution in [-0.4, -0.2) is 77.2 Å². The van der Waals surface area contributed by atoms with Gasteiger partial charge < -0.3 is 20.1 Å². The fourth-order valence-corrected chi connectivity index (χ4v) is 4.62. The van der Waals surface area contributed by atoms with Gasteiger partial charge in [-0.05, 0) is 23.6 Å². The molecular weight excluding hydrogens is 462 g/mol. The van der Waals surface area contributed by atoms with Crippen molar-refractivity contribution in [3.05, 3.63) is 36.2 Å². The lowest BCUT2D eigenvalue weighted by atomic mass is 9.85. The number of β-amino-alcohol motifs (C(OH)–C–C–N with tert-alkyl or cyclic N) is 1. The summed E-state index contributed by atoms with van der Waals surface area (Å²) in [6.07, 6.45) is 2.10. The highest BCUT2D eigenvalue weighted by atomic mass is 32.2. The minimum absolute atomic E-state index is 0.0154. The molecule has 1 fully saturated rings. The van der Waals surface area contributed by atoms with Crippen LogP contribution >= 0.6 is 0 Å². The van der Waals surface area contributed by atoms with Crippen LogP contribution in [0.2, 0.25) is 0 Å². The van der Waals surface area contributed by atoms with Gasteiger partial charge in [0.15, 0.2) is 9.84 Å². The second-order valence-electron chi connectivity index (χ2n) is 9.50. The van der Waals surface area contributed by atoms with E-state index >= 15 is 0 Å². The van der Waals surface area contributed by atoms with Gasteiger partial charge in [0.2, 0.25) is 11.8 Å². The third kappa shape index (κ3) is 5.73. The summed E-state index contributed by atoms with van der Waals surface area (Å²) in [5, 5.41) is 20.9. The summed E-state index contributed by atoms with van der Waals surface area (Å²) in [6, 6.07) is 4.60. The standard InChI is InChI=1S/C22H31N5O6S/c1-22(2,3)19(21(30)26-12-15(28)9-18(26)20(29)23-4)27-11-14(24-25-27)13-33-16-7-6-8-17(10-16)34(5,31)32/h6-8,10-11,15,18-19,28H,9,12-13H2,1-5H3,(H,23,29)/t15-,18+,19-/m1/s1. The summed E-state index contributed by atoms with van der Waals surface area (Å²) in [5.74, 6) is -0.308. The van der Waals surface area contributed by atoms with Crippen molar-refractivity contribution in [2.75, 3.05) is 19.8 Å². The van der Waals surface area contributed by atoms with E-state index in [0.29, 0.717) is 11.4 Å². The Bertz CT molecular complexity index is 1160. The monoisotopic (exact) mass is 493 g/mol. The third-order valence-electron chi connectivity index (χ3n) is 5.61. The molecule has 34 heavy (non-hydrogen) atoms. The van der Waals surface area contributed by atoms with Crippen LogP contribution in [0.4, 0.5) is 0 Å². The van der Waals surface area contributed by atoms with Gasteiger partial charge in [-0.3, -0.25) is 9.59 Å². The quantitative estimate of drug-likeness (QED) is 0.569. The molecule has 0 saturated carbocycles. The molecule has 0 unspecified atom stereocenters. The Kier molecular flexibility index (Phi) is 7.32. The summed E-state index contributed by atoms with van der Waals surface area (Å²) in [7, 11) is -1.87. The minimum atomic E-state index is -3.37. The molecule has 0 bridgehead atoms. The van der Waals surface area contributed by atoms with E-state index in [2.05, 4.69) is 15.6 Å². The number of hydrogen-bond donors (Lipinski definition) is 2. The molecule has 2 aromatic rings. The Balaban J connectivity index is 1.80. The number of likely N-dealkylation sites (tertiary alicyclic amines) is 1. The van der Waals surface area contributed by atoms with Crippen molar-refractivity contribution in [1.82, 2.24) is 25.2 Å². The van der Waals surface area contributed by atoms with Crippen molar-refractivity contribution in [2.45, 2.75) is 56.9 Å². The van der Waals surface area contributed by atoms with Crippen molar-refractivity contribution in [1.29, 1.82) is 0 Å². The lowest BCUT2D eigenvalue weighted by Crippen LogP contribution is -2.49. The number of rotatable bonds is 7. The highest BCUT2D eigenvalue weighted by Gasteiger charge is 2.45. The van der Waals surface area contributed by atoms with Crippen LogP contribution in [-0.2, 0) is 26.0 Å². The van der Waals surface area contributed by atoms with Gasteiger partial charge in [-0.15, -0.1) is 5.10 Å². The molecule has 1 saturated heterocycles. The maximum Gasteiger partial charge on any atom is 0.248 e. The predicted octanol–water partition coefficient (Wildman–Crippen LogP) is 0.556. The molecule has 12 heteroatoms. The van der Waals surface area contributed by atoms with Gasteiger partial charge in [0, 0.05) is 26.3 Å². The molecule has 1 aliphatic rings. The number of carbonyl (C=O) groups excluding carboxylic acids is 2. The Morgan fingerprint density at radius 1 is 1.32 bits per heavy atom. The zero-order chi connectivity index (χ0) is 25.3. The van der Waals surface area contributed by atoms with Crippen molar-refractivity contribution in [3.63, 3.8) is 0 Å². The number of nitrogens with zero attached hydrogens (tertiary/aromatic N) is 4. The van der Waals surface area contributed by atoms with Crippen LogP contribution in [0.1, 0.15) is 38.9 Å². The van der Waals surface area contributed by atoms with Gasteiger partial charge in [-0.1, -0.05) is 32.1 Å². The number of likely N-dealkylation sites (N-methyl/N-ethyl adjacent to an activating group) is 1. The van der Waals surface area contributed by atoms with Crippen LogP contribution in [0.15, 0.2) is 35.4 Å². The number of carbonyl (C=O) groups is 2. The topological polar surface area (TPSA) is 144 Å². The molecule has 0 spiro atoms. The van der Waals surface area contributed by atoms with Gasteiger partial charge in [-0.25, -0.2) is 13.1 Å². The average Bonchev–Trinajstić information content (AvgIpc) is 3.37. The molecular formula is C22H31N5O6S. The van der Waals surface area contributed by atoms with E-state index in [0.717, 1.165) is 6.26 Å². The number of aromatic nitrogens is 3. The second-order valence-corrected chi connectivity index (χ2v) is 11.5. The summed E-state index contributed by atoms with van der Waals surface area (Å²) in [4.78, 5) is 27.4. The van der Waals surface area contributed by atoms with Crippen molar-refractivity contribution < 1.29 is 27.9 Å². The Morgan fingerprint density at radius 2 is 2.03 bits per heavy atom. The van der Waals surface area contributed by atoms with Crippen LogP contribution < -0.4 is 10.1 Å². The Labute approximate surface area is 199 Å². The van der Waals surface area contributed by atoms with Gasteiger partial charge in [0.25, 0.3) is 0 Å². The maximum atomic E-state index is 13.5. The number of sulfone groups is 1. The minimum Gasteiger partial charge on any atom is -0.487 e. The van der Waals surface area contributed by atoms with E-state index in [4.69, 9.17) is 4.74 Å². The van der Waals surface area contributed by atoms with E-state index in [1.807, 2.05) is 20.8 Å². The number of aliphatic hydroxyl groups is 1. The van der Waals surface area contributed by atoms with Gasteiger partial charge in [-0.2, -0.15) is 0 Å². The van der Waals surface area contributed by atoms with E-state index in [1.54, 1.807) is 18.3 Å². The molecule has 3 rings (SSSR count). The fourth-order valence-electron chi connectivity index (χ4n) is 3.97. The van der Waals surface area contributed by atoms with Crippen molar-refractivity contribution in [3.8, 4) is 5.75 Å². The van der Waals surface area contributed by atoms with Gasteiger partial charge in [0.1, 0.15) is 30.1 Å². The Hall–Kier alpha value is -2.99. The highest BCUT2D eigenvalue weighted by Crippen LogP contribution is 2.34. The molecule has 1 aliphatic heterocycles. The summed E-state index contributed by atoms with van der Waals surface area (Å²) >= 11 is 0. The summed E-state index contributed by atoms with van der Waals surface area (Å²) in [6.45, 7) is 5.72. The predicted molar refractivity (Wildman–Crippen MR) is 123 cm³/mol. The molecule has 2 heterocycles. The van der Waals surface area contributed by atoms with Crippen LogP contribution in [0.25, 0.3) is 0 Å². The number of aliphatic hydroxyl groups excluding tert-OH is 1. The number of hydrogen-bond acceptors (Lipinski definition) is 8. The Morgan fingerprint density at radius 3 is 2.65 bits per heavy atom. The first-order valence-electron chi connectivity index (χ1n) is 10.8. The van der Waals surface area contributed by atoms with Crippen LogP contribution in [0, 0.1) is 5.41 Å². The molecule has 1 aromatic heterocycles. The third-order valence-corrected chi connectivity index (χ3v) is 6.72. The summed E-state index contributed by atoms with van der Waals surface area (Å²) in [5.41, 5.74) is -0.135. The zero-order valence-corrected chi connectivity index (χ0v) is 20.7. The number of ether oxygens (including phenoxy) is 1. The fraction of sp³-hybridized carbons (Fsp3) is 0.545. The zero-order valence-electron chi connectivity index (χ0n) is 19.9. The van der Waals surface area contributed by atoms with E-state index in [1.165, 1.54) is 28.8 Å². The molecule has 2 N–H and O–H groups in total. The summed E-state index contributed by atoms with van der Waals surface area (Å²) < 4.78 is 30.6. The number of benzene rings is 1. The molecule has 1 aromatic carbocycles. The van der Waals surface area contributed by atoms with E-state index in [9.17, 15) is 23.1 Å². The molecule has 0 radical (unpaired) electrons. The first-order chi connectivity index (χ1) is 15.8. The van der Waals surface area contributed by atoms with Crippen LogP contribution in [0.3, 0.4) is 0 Å². The molecule has 11 nitrogen and oxygen atoms in total. The van der Waals surface area contributed by atoms with Crippen LogP contribution in [0.5, 0.6) is 5.75 Å². The second kappa shape index (κ2) is 9.71. The molecule has 3 atom stereocenters. The normalized spacial score (nSPS) is 19.6. The SMILES string of the molecule is CNC(=O)[C@@H]1C[C@@H](O)CN1C(=O)[C@@H](n1cc(COc2cccc(S(C)(=O)=O)c2)nn1)C(C)(C)C. The lowest BCUT2D eigenvalue weighted by Gasteiger charge is -2.34. The average molecular weight is 494 g/mol. The highest BCUT2D eigenvalue weighted by molar-refractivity contribution is 7.90. The van der Waals surface area contributed by atoms with E-state index < -0.39 is 33.4 Å². The number of nitrogens with one attached hydrogen (secondary N) is 1. The lowest BCUT2D eigenvalue weighted by molar-refractivity contribution is -0.144. The molecule has 2 amide bonds. The number of amides is 2. The first kappa shape index (κ1) is 25.6. The molecule has 186 valence electrons. The van der Waals surface area contributed by atoms with E-state index in [-0.39, 0.29) is 36.3 Å². The van der Waals surface area contributed by atoms with Gasteiger partial charge in [0.05, 0.1) is 17.2 Å². The molecule has 0 aliphatic carbocycles. The largest absolute Gasteiger partial charge is 0.487 e. The van der Waals surface area contributed by atoms with Crippen molar-refractivity contribution in [2.24, 2.45) is 5.41 Å². The van der Waals surface area contributed by atoms with Crippen molar-refractivity contribution >= 4 is 21.7 Å². The smallest absolute Gasteiger partial charge is 0.248 e. The van der Waals surface area contributed by atoms with Gasteiger partial charge >= 0.3 is 0 Å². The first-order valence-corrected chi connectivity index (χ1v) is 12.7. The maximum absolute atomic E-state index is 13.5.